The van der Waals surface area contributed by atoms with Gasteiger partial charge in [0.2, 0.25) is 5.88 Å². The predicted octanol–water partition coefficient (Wildman–Crippen LogP) is 3.93. The number of hydrogen-bond donors (Lipinski definition) is 0. The third-order valence-electron chi connectivity index (χ3n) is 4.03. The highest BCUT2D eigenvalue weighted by Crippen LogP contribution is 2.31. The first-order valence-electron chi connectivity index (χ1n) is 7.71. The van der Waals surface area contributed by atoms with Crippen molar-refractivity contribution in [2.75, 3.05) is 26.2 Å². The molecule has 0 unspecified atom stereocenters. The van der Waals surface area contributed by atoms with Gasteiger partial charge < -0.3 is 4.74 Å². The van der Waals surface area contributed by atoms with Gasteiger partial charge in [0.05, 0.1) is 10.4 Å². The average molecular weight is 305 g/mol. The summed E-state index contributed by atoms with van der Waals surface area (Å²) in [6.07, 6.45) is 3.50. The SMILES string of the molecule is CCc1cc2cccc(Cl)c2c(OCCN2CCCC2)n1. The molecule has 0 bridgehead atoms. The molecule has 112 valence electrons. The van der Waals surface area contributed by atoms with Gasteiger partial charge in [-0.2, -0.15) is 0 Å². The first-order valence-corrected chi connectivity index (χ1v) is 8.09. The topological polar surface area (TPSA) is 25.4 Å². The standard InChI is InChI=1S/C17H21ClN2O/c1-2-14-12-13-6-5-7-15(18)16(13)17(19-14)21-11-10-20-8-3-4-9-20/h5-7,12H,2-4,8-11H2,1H3. The average Bonchev–Trinajstić information content (AvgIpc) is 3.00. The van der Waals surface area contributed by atoms with Gasteiger partial charge in [-0.3, -0.25) is 4.90 Å². The minimum atomic E-state index is 0.667. The Balaban J connectivity index is 1.81. The molecular weight excluding hydrogens is 284 g/mol. The number of aryl methyl sites for hydroxylation is 1. The van der Waals surface area contributed by atoms with E-state index in [2.05, 4.69) is 28.9 Å². The second kappa shape index (κ2) is 6.63. The van der Waals surface area contributed by atoms with Gasteiger partial charge >= 0.3 is 0 Å². The van der Waals surface area contributed by atoms with E-state index in [9.17, 15) is 0 Å². The maximum Gasteiger partial charge on any atom is 0.223 e. The van der Waals surface area contributed by atoms with Gasteiger partial charge in [0, 0.05) is 12.2 Å². The summed E-state index contributed by atoms with van der Waals surface area (Å²) < 4.78 is 5.97. The number of fused-ring (bicyclic) bond motifs is 1. The first kappa shape index (κ1) is 14.6. The molecule has 0 N–H and O–H groups in total. The Morgan fingerprint density at radius 2 is 2.10 bits per heavy atom. The van der Waals surface area contributed by atoms with Gasteiger partial charge in [0.15, 0.2) is 0 Å². The zero-order valence-corrected chi connectivity index (χ0v) is 13.2. The van der Waals surface area contributed by atoms with E-state index in [-0.39, 0.29) is 0 Å². The molecule has 1 aromatic carbocycles. The zero-order valence-electron chi connectivity index (χ0n) is 12.4. The Bertz CT molecular complexity index is 623. The van der Waals surface area contributed by atoms with Crippen molar-refractivity contribution in [2.24, 2.45) is 0 Å². The number of halogens is 1. The van der Waals surface area contributed by atoms with E-state index >= 15 is 0 Å². The minimum Gasteiger partial charge on any atom is -0.476 e. The fourth-order valence-corrected chi connectivity index (χ4v) is 3.11. The largest absolute Gasteiger partial charge is 0.476 e. The molecule has 1 fully saturated rings. The van der Waals surface area contributed by atoms with Gasteiger partial charge in [-0.15, -0.1) is 0 Å². The van der Waals surface area contributed by atoms with E-state index in [0.29, 0.717) is 17.5 Å². The molecule has 3 rings (SSSR count). The van der Waals surface area contributed by atoms with Gasteiger partial charge in [-0.1, -0.05) is 30.7 Å². The summed E-state index contributed by atoms with van der Waals surface area (Å²) >= 11 is 6.33. The van der Waals surface area contributed by atoms with Crippen LogP contribution in [-0.4, -0.2) is 36.1 Å². The molecule has 3 nitrogen and oxygen atoms in total. The number of pyridine rings is 1. The number of benzene rings is 1. The smallest absolute Gasteiger partial charge is 0.223 e. The van der Waals surface area contributed by atoms with Crippen molar-refractivity contribution in [3.05, 3.63) is 35.0 Å². The highest BCUT2D eigenvalue weighted by Gasteiger charge is 2.13. The second-order valence-electron chi connectivity index (χ2n) is 5.51. The zero-order chi connectivity index (χ0) is 14.7. The molecule has 2 aromatic rings. The predicted molar refractivity (Wildman–Crippen MR) is 87.3 cm³/mol. The van der Waals surface area contributed by atoms with E-state index in [1.165, 1.54) is 25.9 Å². The van der Waals surface area contributed by atoms with E-state index in [4.69, 9.17) is 16.3 Å². The molecule has 1 saturated heterocycles. The Hall–Kier alpha value is -1.32. The van der Waals surface area contributed by atoms with Gasteiger partial charge in [0.25, 0.3) is 0 Å². The number of nitrogens with zero attached hydrogens (tertiary/aromatic N) is 2. The molecule has 0 aliphatic carbocycles. The Morgan fingerprint density at radius 3 is 2.86 bits per heavy atom. The molecule has 0 atom stereocenters. The van der Waals surface area contributed by atoms with Crippen LogP contribution in [0, 0.1) is 0 Å². The van der Waals surface area contributed by atoms with Crippen molar-refractivity contribution >= 4 is 22.4 Å². The lowest BCUT2D eigenvalue weighted by Crippen LogP contribution is -2.25. The van der Waals surface area contributed by atoms with Crippen molar-refractivity contribution < 1.29 is 4.74 Å². The minimum absolute atomic E-state index is 0.667. The van der Waals surface area contributed by atoms with Crippen LogP contribution in [0.25, 0.3) is 10.8 Å². The van der Waals surface area contributed by atoms with Crippen LogP contribution >= 0.6 is 11.6 Å². The maximum atomic E-state index is 6.33. The molecule has 0 saturated carbocycles. The number of aromatic nitrogens is 1. The van der Waals surface area contributed by atoms with Crippen LogP contribution in [0.2, 0.25) is 5.02 Å². The summed E-state index contributed by atoms with van der Waals surface area (Å²) in [5.41, 5.74) is 1.04. The Kier molecular flexibility index (Phi) is 4.61. The molecule has 0 radical (unpaired) electrons. The third-order valence-corrected chi connectivity index (χ3v) is 4.35. The van der Waals surface area contributed by atoms with Crippen molar-refractivity contribution in [3.63, 3.8) is 0 Å². The Labute approximate surface area is 130 Å². The van der Waals surface area contributed by atoms with E-state index in [1.54, 1.807) is 0 Å². The number of rotatable bonds is 5. The summed E-state index contributed by atoms with van der Waals surface area (Å²) in [6, 6.07) is 8.02. The summed E-state index contributed by atoms with van der Waals surface area (Å²) in [6.45, 7) is 6.11. The number of hydrogen-bond acceptors (Lipinski definition) is 3. The summed E-state index contributed by atoms with van der Waals surface area (Å²) in [7, 11) is 0. The summed E-state index contributed by atoms with van der Waals surface area (Å²) in [4.78, 5) is 7.06. The molecule has 1 aliphatic rings. The third kappa shape index (κ3) is 3.30. The summed E-state index contributed by atoms with van der Waals surface area (Å²) in [5, 5.41) is 2.74. The normalized spacial score (nSPS) is 15.7. The fourth-order valence-electron chi connectivity index (χ4n) is 2.85. The molecule has 1 aliphatic heterocycles. The van der Waals surface area contributed by atoms with E-state index in [1.807, 2.05) is 12.1 Å². The molecule has 2 heterocycles. The van der Waals surface area contributed by atoms with Crippen molar-refractivity contribution in [1.82, 2.24) is 9.88 Å². The van der Waals surface area contributed by atoms with Gasteiger partial charge in [-0.05, 0) is 49.9 Å². The number of likely N-dealkylation sites (tertiary alicyclic amines) is 1. The van der Waals surface area contributed by atoms with Crippen LogP contribution < -0.4 is 4.74 Å². The van der Waals surface area contributed by atoms with Crippen molar-refractivity contribution in [2.45, 2.75) is 26.2 Å². The fraction of sp³-hybridized carbons (Fsp3) is 0.471. The lowest BCUT2D eigenvalue weighted by Gasteiger charge is -2.16. The lowest BCUT2D eigenvalue weighted by atomic mass is 10.1. The molecule has 0 spiro atoms. The highest BCUT2D eigenvalue weighted by atomic mass is 35.5. The van der Waals surface area contributed by atoms with E-state index < -0.39 is 0 Å². The molecular formula is C17H21ClN2O. The van der Waals surface area contributed by atoms with Crippen LogP contribution in [0.3, 0.4) is 0 Å². The molecule has 21 heavy (non-hydrogen) atoms. The molecule has 1 aromatic heterocycles. The molecule has 4 heteroatoms. The summed E-state index contributed by atoms with van der Waals surface area (Å²) in [5.74, 6) is 0.675. The van der Waals surface area contributed by atoms with Crippen LogP contribution in [0.1, 0.15) is 25.5 Å². The second-order valence-corrected chi connectivity index (χ2v) is 5.91. The maximum absolute atomic E-state index is 6.33. The van der Waals surface area contributed by atoms with Crippen molar-refractivity contribution in [1.29, 1.82) is 0 Å². The van der Waals surface area contributed by atoms with Crippen molar-refractivity contribution in [3.8, 4) is 5.88 Å². The molecule has 0 amide bonds. The van der Waals surface area contributed by atoms with Crippen LogP contribution in [0.4, 0.5) is 0 Å². The highest BCUT2D eigenvalue weighted by molar-refractivity contribution is 6.36. The van der Waals surface area contributed by atoms with Crippen LogP contribution in [0.15, 0.2) is 24.3 Å². The quantitative estimate of drug-likeness (QED) is 0.837. The lowest BCUT2D eigenvalue weighted by molar-refractivity contribution is 0.233. The number of ether oxygens (including phenoxy) is 1. The van der Waals surface area contributed by atoms with Gasteiger partial charge in [-0.25, -0.2) is 4.98 Å². The van der Waals surface area contributed by atoms with Gasteiger partial charge in [0.1, 0.15) is 6.61 Å². The first-order chi connectivity index (χ1) is 10.3. The monoisotopic (exact) mass is 304 g/mol. The van der Waals surface area contributed by atoms with E-state index in [0.717, 1.165) is 29.4 Å². The van der Waals surface area contributed by atoms with Crippen LogP contribution in [-0.2, 0) is 6.42 Å². The Morgan fingerprint density at radius 1 is 1.29 bits per heavy atom. The van der Waals surface area contributed by atoms with Crippen LogP contribution in [0.5, 0.6) is 5.88 Å².